The number of nitrogens with zero attached hydrogens (tertiary/aromatic N) is 1. The van der Waals surface area contributed by atoms with Gasteiger partial charge in [-0.1, -0.05) is 0 Å². The molecule has 0 radical (unpaired) electrons. The van der Waals surface area contributed by atoms with Gasteiger partial charge in [0.15, 0.2) is 0 Å². The van der Waals surface area contributed by atoms with E-state index >= 15 is 0 Å². The van der Waals surface area contributed by atoms with Gasteiger partial charge in [-0.15, -0.1) is 0 Å². The number of hydrogen-bond acceptors (Lipinski definition) is 2. The van der Waals surface area contributed by atoms with Gasteiger partial charge < -0.3 is 15.1 Å². The summed E-state index contributed by atoms with van der Waals surface area (Å²) in [4.78, 5) is 12.7. The number of carbonyl (C=O) groups is 1. The van der Waals surface area contributed by atoms with Crippen LogP contribution in [0.1, 0.15) is 32.1 Å². The average Bonchev–Trinajstić information content (AvgIpc) is 2.98. The molecule has 1 amide bonds. The Bertz CT molecular complexity index is 244. The molecule has 15 heavy (non-hydrogen) atoms. The van der Waals surface area contributed by atoms with Crippen LogP contribution < -0.4 is 0 Å². The molecule has 1 aliphatic carbocycles. The van der Waals surface area contributed by atoms with Crippen molar-refractivity contribution in [3.05, 3.63) is 0 Å². The second-order valence-electron chi connectivity index (χ2n) is 4.71. The highest BCUT2D eigenvalue weighted by molar-refractivity contribution is 5.65. The van der Waals surface area contributed by atoms with E-state index in [0.717, 1.165) is 32.1 Å². The van der Waals surface area contributed by atoms with E-state index in [0.29, 0.717) is 18.4 Å². The molecule has 2 N–H and O–H groups in total. The molecule has 4 heteroatoms. The van der Waals surface area contributed by atoms with Gasteiger partial charge in [0.2, 0.25) is 0 Å². The zero-order valence-electron chi connectivity index (χ0n) is 8.93. The van der Waals surface area contributed by atoms with Crippen molar-refractivity contribution in [3.63, 3.8) is 0 Å². The molecule has 0 bridgehead atoms. The largest absolute Gasteiger partial charge is 0.465 e. The first-order valence-corrected chi connectivity index (χ1v) is 5.84. The highest BCUT2D eigenvalue weighted by atomic mass is 16.4. The normalized spacial score (nSPS) is 35.3. The van der Waals surface area contributed by atoms with Crippen molar-refractivity contribution in [2.45, 2.75) is 38.1 Å². The first-order chi connectivity index (χ1) is 7.24. The number of carboxylic acid groups (broad SMARTS) is 1. The Kier molecular flexibility index (Phi) is 3.14. The molecule has 3 atom stereocenters. The summed E-state index contributed by atoms with van der Waals surface area (Å²) >= 11 is 0. The lowest BCUT2D eigenvalue weighted by molar-refractivity contribution is 0.0958. The molecule has 86 valence electrons. The van der Waals surface area contributed by atoms with E-state index in [1.54, 1.807) is 4.90 Å². The van der Waals surface area contributed by atoms with Gasteiger partial charge >= 0.3 is 6.09 Å². The predicted molar refractivity (Wildman–Crippen MR) is 55.7 cm³/mol. The number of rotatable bonds is 3. The maximum atomic E-state index is 11.0. The predicted octanol–water partition coefficient (Wildman–Crippen LogP) is 1.54. The van der Waals surface area contributed by atoms with Crippen molar-refractivity contribution >= 4 is 6.09 Å². The molecule has 2 fully saturated rings. The summed E-state index contributed by atoms with van der Waals surface area (Å²) in [5, 5.41) is 17.9. The Morgan fingerprint density at radius 1 is 1.40 bits per heavy atom. The fourth-order valence-corrected chi connectivity index (χ4v) is 2.88. The van der Waals surface area contributed by atoms with E-state index in [4.69, 9.17) is 10.2 Å². The van der Waals surface area contributed by atoms with Gasteiger partial charge in [0.05, 0.1) is 0 Å². The fraction of sp³-hybridized carbons (Fsp3) is 0.909. The first-order valence-electron chi connectivity index (χ1n) is 5.84. The third-order valence-corrected chi connectivity index (χ3v) is 3.77. The standard InChI is InChI=1S/C11H19NO3/c13-6-4-8-7-9(8)10-3-1-2-5-12(10)11(14)15/h8-10,13H,1-7H2,(H,14,15). The van der Waals surface area contributed by atoms with Crippen molar-refractivity contribution in [2.75, 3.05) is 13.2 Å². The van der Waals surface area contributed by atoms with Crippen molar-refractivity contribution in [1.82, 2.24) is 4.90 Å². The van der Waals surface area contributed by atoms with Crippen LogP contribution in [-0.2, 0) is 0 Å². The lowest BCUT2D eigenvalue weighted by Gasteiger charge is -2.34. The van der Waals surface area contributed by atoms with Crippen LogP contribution in [0.15, 0.2) is 0 Å². The van der Waals surface area contributed by atoms with Gasteiger partial charge in [-0.25, -0.2) is 4.79 Å². The summed E-state index contributed by atoms with van der Waals surface area (Å²) in [6.07, 6.45) is 4.34. The summed E-state index contributed by atoms with van der Waals surface area (Å²) in [6.45, 7) is 0.934. The minimum atomic E-state index is -0.769. The average molecular weight is 213 g/mol. The molecule has 1 saturated heterocycles. The molecule has 0 aromatic rings. The second kappa shape index (κ2) is 4.39. The fourth-order valence-electron chi connectivity index (χ4n) is 2.88. The molecule has 1 aliphatic heterocycles. The molecule has 0 spiro atoms. The minimum Gasteiger partial charge on any atom is -0.465 e. The topological polar surface area (TPSA) is 60.8 Å². The van der Waals surface area contributed by atoms with Crippen LogP contribution in [0, 0.1) is 11.8 Å². The molecule has 1 heterocycles. The smallest absolute Gasteiger partial charge is 0.407 e. The number of piperidine rings is 1. The summed E-state index contributed by atoms with van der Waals surface area (Å²) in [7, 11) is 0. The van der Waals surface area contributed by atoms with E-state index in [2.05, 4.69) is 0 Å². The van der Waals surface area contributed by atoms with Crippen molar-refractivity contribution in [1.29, 1.82) is 0 Å². The number of amides is 1. The van der Waals surface area contributed by atoms with E-state index < -0.39 is 6.09 Å². The monoisotopic (exact) mass is 213 g/mol. The van der Waals surface area contributed by atoms with Crippen LogP contribution in [0.4, 0.5) is 4.79 Å². The molecule has 3 unspecified atom stereocenters. The highest BCUT2D eigenvalue weighted by Gasteiger charge is 2.46. The summed E-state index contributed by atoms with van der Waals surface area (Å²) in [5.74, 6) is 1.09. The number of aliphatic hydroxyl groups is 1. The van der Waals surface area contributed by atoms with Gasteiger partial charge in [0.25, 0.3) is 0 Å². The Balaban J connectivity index is 1.92. The molecule has 2 rings (SSSR count). The third-order valence-electron chi connectivity index (χ3n) is 3.77. The van der Waals surface area contributed by atoms with Crippen LogP contribution in [0.5, 0.6) is 0 Å². The van der Waals surface area contributed by atoms with Crippen LogP contribution in [0.3, 0.4) is 0 Å². The SMILES string of the molecule is O=C(O)N1CCCCC1C1CC1CCO. The van der Waals surface area contributed by atoms with Crippen molar-refractivity contribution < 1.29 is 15.0 Å². The molecule has 0 aromatic heterocycles. The molecule has 0 aromatic carbocycles. The van der Waals surface area contributed by atoms with Gasteiger partial charge in [0, 0.05) is 19.2 Å². The number of aliphatic hydroxyl groups excluding tert-OH is 1. The Morgan fingerprint density at radius 3 is 2.87 bits per heavy atom. The quantitative estimate of drug-likeness (QED) is 0.747. The molecule has 1 saturated carbocycles. The van der Waals surface area contributed by atoms with E-state index in [1.807, 2.05) is 0 Å². The van der Waals surface area contributed by atoms with Crippen molar-refractivity contribution in [2.24, 2.45) is 11.8 Å². The Hall–Kier alpha value is -0.770. The van der Waals surface area contributed by atoms with Gasteiger partial charge in [-0.3, -0.25) is 0 Å². The number of likely N-dealkylation sites (tertiary alicyclic amines) is 1. The Morgan fingerprint density at radius 2 is 2.20 bits per heavy atom. The van der Waals surface area contributed by atoms with Crippen LogP contribution >= 0.6 is 0 Å². The van der Waals surface area contributed by atoms with E-state index in [9.17, 15) is 4.79 Å². The summed E-state index contributed by atoms with van der Waals surface area (Å²) in [6, 6.07) is 0.229. The Labute approximate surface area is 89.9 Å². The maximum absolute atomic E-state index is 11.0. The zero-order valence-corrected chi connectivity index (χ0v) is 8.93. The van der Waals surface area contributed by atoms with E-state index in [1.165, 1.54) is 0 Å². The maximum Gasteiger partial charge on any atom is 0.407 e. The summed E-state index contributed by atoms with van der Waals surface area (Å²) in [5.41, 5.74) is 0. The van der Waals surface area contributed by atoms with Crippen LogP contribution in [0.2, 0.25) is 0 Å². The molecule has 2 aliphatic rings. The van der Waals surface area contributed by atoms with E-state index in [-0.39, 0.29) is 12.6 Å². The lowest BCUT2D eigenvalue weighted by Crippen LogP contribution is -2.44. The highest BCUT2D eigenvalue weighted by Crippen LogP contribution is 2.47. The van der Waals surface area contributed by atoms with Crippen LogP contribution in [0.25, 0.3) is 0 Å². The molecular weight excluding hydrogens is 194 g/mol. The third kappa shape index (κ3) is 2.25. The minimum absolute atomic E-state index is 0.229. The lowest BCUT2D eigenvalue weighted by atomic mass is 9.97. The van der Waals surface area contributed by atoms with Gasteiger partial charge in [-0.2, -0.15) is 0 Å². The first kappa shape index (κ1) is 10.7. The van der Waals surface area contributed by atoms with Gasteiger partial charge in [-0.05, 0) is 43.9 Å². The summed E-state index contributed by atoms with van der Waals surface area (Å²) < 4.78 is 0. The molecular formula is C11H19NO3. The number of hydrogen-bond donors (Lipinski definition) is 2. The zero-order chi connectivity index (χ0) is 10.8. The second-order valence-corrected chi connectivity index (χ2v) is 4.71. The molecule has 4 nitrogen and oxygen atoms in total. The van der Waals surface area contributed by atoms with Gasteiger partial charge in [0.1, 0.15) is 0 Å². The van der Waals surface area contributed by atoms with Crippen molar-refractivity contribution in [3.8, 4) is 0 Å². The van der Waals surface area contributed by atoms with Crippen LogP contribution in [-0.4, -0.2) is 40.4 Å².